The lowest BCUT2D eigenvalue weighted by molar-refractivity contribution is 0.300. The predicted octanol–water partition coefficient (Wildman–Crippen LogP) is -0.416. The van der Waals surface area contributed by atoms with E-state index in [4.69, 9.17) is 10.5 Å². The van der Waals surface area contributed by atoms with Crippen molar-refractivity contribution >= 4 is 30.0 Å². The Hall–Kier alpha value is -2.68. The lowest BCUT2D eigenvalue weighted by atomic mass is 10.3. The third-order valence-electron chi connectivity index (χ3n) is 3.26. The Morgan fingerprint density at radius 3 is 2.83 bits per heavy atom. The first-order valence-corrected chi connectivity index (χ1v) is 8.46. The molecule has 3 aromatic rings. The highest BCUT2D eigenvalue weighted by Gasteiger charge is 2.22. The van der Waals surface area contributed by atoms with E-state index in [1.807, 2.05) is 0 Å². The second-order valence-corrected chi connectivity index (χ2v) is 6.49. The van der Waals surface area contributed by atoms with Crippen LogP contribution < -0.4 is 21.3 Å². The number of hydrogen-bond acceptors (Lipinski definition) is 6. The Labute approximate surface area is 135 Å². The van der Waals surface area contributed by atoms with Gasteiger partial charge in [-0.3, -0.25) is 14.3 Å². The van der Waals surface area contributed by atoms with Gasteiger partial charge in [-0.2, -0.15) is 4.98 Å². The fourth-order valence-corrected chi connectivity index (χ4v) is 2.91. The van der Waals surface area contributed by atoms with Crippen molar-refractivity contribution < 1.29 is 19.1 Å². The van der Waals surface area contributed by atoms with Gasteiger partial charge in [0.15, 0.2) is 11.2 Å². The second-order valence-electron chi connectivity index (χ2n) is 4.92. The minimum Gasteiger partial charge on any atom is -0.491 e. The molecule has 0 spiro atoms. The van der Waals surface area contributed by atoms with E-state index < -0.39 is 13.2 Å². The Morgan fingerprint density at radius 1 is 1.33 bits per heavy atom. The summed E-state index contributed by atoms with van der Waals surface area (Å²) in [5.74, 6) is 0.0718. The molecule has 0 fully saturated rings. The van der Waals surface area contributed by atoms with E-state index in [9.17, 15) is 19.1 Å². The number of aromatic nitrogens is 4. The maximum Gasteiger partial charge on any atom is 0.359 e. The van der Waals surface area contributed by atoms with Crippen molar-refractivity contribution in [2.45, 2.75) is 6.54 Å². The number of ether oxygens (including phenoxy) is 1. The largest absolute Gasteiger partial charge is 0.491 e. The smallest absolute Gasteiger partial charge is 0.359 e. The van der Waals surface area contributed by atoms with Crippen molar-refractivity contribution in [3.63, 3.8) is 0 Å². The van der Waals surface area contributed by atoms with Crippen molar-refractivity contribution in [1.82, 2.24) is 19.5 Å². The third-order valence-corrected chi connectivity index (χ3v) is 4.26. The lowest BCUT2D eigenvalue weighted by Gasteiger charge is -2.12. The molecule has 2 aromatic heterocycles. The summed E-state index contributed by atoms with van der Waals surface area (Å²) in [6.45, 7) is 0.360. The number of benzene rings is 1. The Bertz CT molecular complexity index is 992. The van der Waals surface area contributed by atoms with Gasteiger partial charge in [0.25, 0.3) is 5.56 Å². The van der Waals surface area contributed by atoms with Gasteiger partial charge in [-0.1, -0.05) is 12.1 Å². The highest BCUT2D eigenvalue weighted by atomic mass is 31.2. The number of imidazole rings is 1. The van der Waals surface area contributed by atoms with E-state index in [-0.39, 0.29) is 35.7 Å². The maximum absolute atomic E-state index is 11.7. The van der Waals surface area contributed by atoms with Crippen LogP contribution in [0.15, 0.2) is 35.4 Å². The molecule has 11 heteroatoms. The zero-order valence-corrected chi connectivity index (χ0v) is 13.2. The number of aromatic amines is 1. The van der Waals surface area contributed by atoms with Crippen LogP contribution in [0.4, 0.5) is 5.95 Å². The van der Waals surface area contributed by atoms with Crippen molar-refractivity contribution in [3.8, 4) is 5.75 Å². The van der Waals surface area contributed by atoms with Crippen LogP contribution in [0.2, 0.25) is 0 Å². The molecule has 0 amide bonds. The van der Waals surface area contributed by atoms with Gasteiger partial charge in [0.05, 0.1) is 12.9 Å². The number of rotatable bonds is 5. The van der Waals surface area contributed by atoms with Crippen molar-refractivity contribution in [2.24, 2.45) is 0 Å². The van der Waals surface area contributed by atoms with Gasteiger partial charge >= 0.3 is 7.60 Å². The number of fused-ring (bicyclic) bond motifs is 1. The number of hydrogen-bond donors (Lipinski definition) is 4. The molecule has 0 radical (unpaired) electrons. The minimum absolute atomic E-state index is 0.0259. The quantitative estimate of drug-likeness (QED) is 0.452. The van der Waals surface area contributed by atoms with Crippen molar-refractivity contribution in [3.05, 3.63) is 40.9 Å². The van der Waals surface area contributed by atoms with Crippen LogP contribution in [0.5, 0.6) is 5.75 Å². The molecule has 3 rings (SSSR count). The Kier molecular flexibility index (Phi) is 4.10. The van der Waals surface area contributed by atoms with Crippen LogP contribution in [0.3, 0.4) is 0 Å². The number of nitrogen functional groups attached to an aromatic ring is 1. The molecular formula is C13H14N5O5P. The summed E-state index contributed by atoms with van der Waals surface area (Å²) in [6, 6.07) is 5.92. The van der Waals surface area contributed by atoms with Crippen LogP contribution in [0.25, 0.3) is 11.2 Å². The SMILES string of the molecule is Nc1nc2c(ncn2CCOc2ccccc2P(=O)(O)O)c(=O)[nH]1. The summed E-state index contributed by atoms with van der Waals surface area (Å²) in [5.41, 5.74) is 5.53. The van der Waals surface area contributed by atoms with Crippen LogP contribution in [0.1, 0.15) is 0 Å². The van der Waals surface area contributed by atoms with Crippen LogP contribution >= 0.6 is 7.60 Å². The maximum atomic E-state index is 11.7. The predicted molar refractivity (Wildman–Crippen MR) is 86.2 cm³/mol. The standard InChI is InChI=1S/C13H14N5O5P/c14-13-16-11-10(12(19)17-13)15-7-18(11)5-6-23-8-3-1-2-4-9(8)24(20,21)22/h1-4,7H,5-6H2,(H2,20,21,22)(H3,14,16,17,19). The van der Waals surface area contributed by atoms with Crippen LogP contribution in [-0.2, 0) is 11.1 Å². The number of para-hydroxylation sites is 1. The fraction of sp³-hybridized carbons (Fsp3) is 0.154. The monoisotopic (exact) mass is 351 g/mol. The molecule has 24 heavy (non-hydrogen) atoms. The van der Waals surface area contributed by atoms with Crippen LogP contribution in [0, 0.1) is 0 Å². The van der Waals surface area contributed by atoms with Gasteiger partial charge in [-0.25, -0.2) is 4.98 Å². The molecule has 0 unspecified atom stereocenters. The molecular weight excluding hydrogens is 337 g/mol. The molecule has 0 aliphatic rings. The van der Waals surface area contributed by atoms with Crippen LogP contribution in [-0.4, -0.2) is 35.9 Å². The number of nitrogens with zero attached hydrogens (tertiary/aromatic N) is 3. The fourth-order valence-electron chi connectivity index (χ4n) is 2.21. The van der Waals surface area contributed by atoms with Gasteiger partial charge in [-0.15, -0.1) is 0 Å². The highest BCUT2D eigenvalue weighted by molar-refractivity contribution is 7.60. The van der Waals surface area contributed by atoms with Crippen molar-refractivity contribution in [1.29, 1.82) is 0 Å². The van der Waals surface area contributed by atoms with E-state index in [0.717, 1.165) is 0 Å². The minimum atomic E-state index is -4.43. The van der Waals surface area contributed by atoms with Gasteiger partial charge in [-0.05, 0) is 12.1 Å². The van der Waals surface area contributed by atoms with Gasteiger partial charge in [0.2, 0.25) is 5.95 Å². The van der Waals surface area contributed by atoms with Gasteiger partial charge in [0.1, 0.15) is 17.7 Å². The first-order valence-electron chi connectivity index (χ1n) is 6.85. The highest BCUT2D eigenvalue weighted by Crippen LogP contribution is 2.37. The summed E-state index contributed by atoms with van der Waals surface area (Å²) < 4.78 is 18.5. The Balaban J connectivity index is 1.79. The molecule has 0 saturated heterocycles. The normalized spacial score (nSPS) is 11.8. The molecule has 0 aliphatic carbocycles. The first-order chi connectivity index (χ1) is 11.4. The lowest BCUT2D eigenvalue weighted by Crippen LogP contribution is -2.15. The summed E-state index contributed by atoms with van der Waals surface area (Å²) >= 11 is 0. The van der Waals surface area contributed by atoms with E-state index in [0.29, 0.717) is 5.65 Å². The molecule has 0 saturated carbocycles. The summed E-state index contributed by atoms with van der Waals surface area (Å²) in [4.78, 5) is 40.6. The Morgan fingerprint density at radius 2 is 2.08 bits per heavy atom. The summed E-state index contributed by atoms with van der Waals surface area (Å²) in [7, 11) is -4.43. The molecule has 5 N–H and O–H groups in total. The molecule has 0 aliphatic heterocycles. The summed E-state index contributed by atoms with van der Waals surface area (Å²) in [6.07, 6.45) is 1.42. The molecule has 2 heterocycles. The molecule has 0 atom stereocenters. The number of nitrogens with one attached hydrogen (secondary N) is 1. The first kappa shape index (κ1) is 16.2. The van der Waals surface area contributed by atoms with Gasteiger partial charge < -0.3 is 24.8 Å². The number of nitrogens with two attached hydrogens (primary N) is 1. The van der Waals surface area contributed by atoms with E-state index in [1.54, 1.807) is 10.6 Å². The second kappa shape index (κ2) is 6.08. The molecule has 1 aromatic carbocycles. The average Bonchev–Trinajstić information content (AvgIpc) is 2.90. The zero-order chi connectivity index (χ0) is 17.3. The molecule has 126 valence electrons. The molecule has 0 bridgehead atoms. The van der Waals surface area contributed by atoms with Gasteiger partial charge in [0, 0.05) is 0 Å². The number of H-pyrrole nitrogens is 1. The van der Waals surface area contributed by atoms with E-state index in [1.165, 1.54) is 24.5 Å². The van der Waals surface area contributed by atoms with E-state index >= 15 is 0 Å². The topological polar surface area (TPSA) is 156 Å². The van der Waals surface area contributed by atoms with E-state index in [2.05, 4.69) is 15.0 Å². The van der Waals surface area contributed by atoms with Crippen molar-refractivity contribution in [2.75, 3.05) is 12.3 Å². The summed E-state index contributed by atoms with van der Waals surface area (Å²) in [5, 5.41) is -0.181. The third kappa shape index (κ3) is 3.16. The zero-order valence-electron chi connectivity index (χ0n) is 12.3. The molecule has 10 nitrogen and oxygen atoms in total. The number of anilines is 1. The average molecular weight is 351 g/mol.